The molecule has 1 aromatic carbocycles. The maximum atomic E-state index is 5.50. The van der Waals surface area contributed by atoms with Crippen LogP contribution in [0, 0.1) is 0 Å². The molecule has 2 aromatic rings. The molecule has 0 amide bonds. The SMILES string of the molecule is COc1ccc(-c2ccnc(CN)n2)cc1.Cl. The molecule has 0 radical (unpaired) electrons. The summed E-state index contributed by atoms with van der Waals surface area (Å²) < 4.78 is 5.10. The van der Waals surface area contributed by atoms with Crippen LogP contribution >= 0.6 is 12.4 Å². The number of nitrogens with two attached hydrogens (primary N) is 1. The van der Waals surface area contributed by atoms with Gasteiger partial charge in [-0.1, -0.05) is 0 Å². The normalized spacial score (nSPS) is 9.53. The molecule has 4 nitrogen and oxygen atoms in total. The number of ether oxygens (including phenoxy) is 1. The van der Waals surface area contributed by atoms with E-state index >= 15 is 0 Å². The summed E-state index contributed by atoms with van der Waals surface area (Å²) in [7, 11) is 1.65. The maximum absolute atomic E-state index is 5.50. The molecule has 0 fully saturated rings. The quantitative estimate of drug-likeness (QED) is 0.907. The van der Waals surface area contributed by atoms with E-state index in [9.17, 15) is 0 Å². The maximum Gasteiger partial charge on any atom is 0.142 e. The van der Waals surface area contributed by atoms with Crippen LogP contribution in [0.4, 0.5) is 0 Å². The molecule has 2 N–H and O–H groups in total. The van der Waals surface area contributed by atoms with Crippen LogP contribution in [0.5, 0.6) is 5.75 Å². The Morgan fingerprint density at radius 2 is 1.88 bits per heavy atom. The summed E-state index contributed by atoms with van der Waals surface area (Å²) in [4.78, 5) is 8.40. The minimum absolute atomic E-state index is 0. The van der Waals surface area contributed by atoms with Gasteiger partial charge < -0.3 is 10.5 Å². The number of halogens is 1. The number of nitrogens with zero attached hydrogens (tertiary/aromatic N) is 2. The van der Waals surface area contributed by atoms with Crippen LogP contribution in [0.25, 0.3) is 11.3 Å². The van der Waals surface area contributed by atoms with Crippen LogP contribution in [0.2, 0.25) is 0 Å². The van der Waals surface area contributed by atoms with Crippen molar-refractivity contribution in [2.75, 3.05) is 7.11 Å². The van der Waals surface area contributed by atoms with Crippen LogP contribution in [0.3, 0.4) is 0 Å². The van der Waals surface area contributed by atoms with Gasteiger partial charge in [0.05, 0.1) is 19.3 Å². The van der Waals surface area contributed by atoms with E-state index in [0.29, 0.717) is 12.4 Å². The van der Waals surface area contributed by atoms with Gasteiger partial charge in [0.25, 0.3) is 0 Å². The summed E-state index contributed by atoms with van der Waals surface area (Å²) in [6.45, 7) is 0.351. The number of benzene rings is 1. The van der Waals surface area contributed by atoms with Crippen LogP contribution in [-0.4, -0.2) is 17.1 Å². The molecule has 0 atom stereocenters. The van der Waals surface area contributed by atoms with E-state index in [1.165, 1.54) is 0 Å². The van der Waals surface area contributed by atoms with Gasteiger partial charge in [-0.2, -0.15) is 0 Å². The molecule has 1 heterocycles. The third-order valence-electron chi connectivity index (χ3n) is 2.27. The molecule has 0 aliphatic carbocycles. The summed E-state index contributed by atoms with van der Waals surface area (Å²) in [6.07, 6.45) is 1.72. The van der Waals surface area contributed by atoms with Gasteiger partial charge in [-0.25, -0.2) is 9.97 Å². The third kappa shape index (κ3) is 3.15. The van der Waals surface area contributed by atoms with Crippen molar-refractivity contribution in [1.29, 1.82) is 0 Å². The van der Waals surface area contributed by atoms with Crippen molar-refractivity contribution >= 4 is 12.4 Å². The Labute approximate surface area is 106 Å². The smallest absolute Gasteiger partial charge is 0.142 e. The highest BCUT2D eigenvalue weighted by Gasteiger charge is 2.01. The molecule has 0 saturated heterocycles. The van der Waals surface area contributed by atoms with E-state index in [-0.39, 0.29) is 12.4 Å². The second-order valence-electron chi connectivity index (χ2n) is 3.29. The first kappa shape index (κ1) is 13.4. The van der Waals surface area contributed by atoms with E-state index in [1.54, 1.807) is 13.3 Å². The highest BCUT2D eigenvalue weighted by atomic mass is 35.5. The molecule has 90 valence electrons. The zero-order valence-corrected chi connectivity index (χ0v) is 10.3. The zero-order chi connectivity index (χ0) is 11.4. The van der Waals surface area contributed by atoms with E-state index in [2.05, 4.69) is 9.97 Å². The van der Waals surface area contributed by atoms with Crippen molar-refractivity contribution in [2.24, 2.45) is 5.73 Å². The van der Waals surface area contributed by atoms with Crippen molar-refractivity contribution in [2.45, 2.75) is 6.54 Å². The fraction of sp³-hybridized carbons (Fsp3) is 0.167. The number of hydrogen-bond donors (Lipinski definition) is 1. The average molecular weight is 252 g/mol. The summed E-state index contributed by atoms with van der Waals surface area (Å²) in [5.74, 6) is 1.48. The van der Waals surface area contributed by atoms with Crippen LogP contribution in [-0.2, 0) is 6.54 Å². The van der Waals surface area contributed by atoms with Crippen molar-refractivity contribution in [1.82, 2.24) is 9.97 Å². The van der Waals surface area contributed by atoms with Gasteiger partial charge in [-0.3, -0.25) is 0 Å². The Morgan fingerprint density at radius 3 is 2.47 bits per heavy atom. The van der Waals surface area contributed by atoms with Crippen molar-refractivity contribution in [3.05, 3.63) is 42.4 Å². The molecule has 1 aromatic heterocycles. The lowest BCUT2D eigenvalue weighted by Crippen LogP contribution is -2.02. The van der Waals surface area contributed by atoms with Gasteiger partial charge in [0.1, 0.15) is 11.6 Å². The molecule has 0 aliphatic heterocycles. The summed E-state index contributed by atoms with van der Waals surface area (Å²) >= 11 is 0. The lowest BCUT2D eigenvalue weighted by molar-refractivity contribution is 0.415. The van der Waals surface area contributed by atoms with Gasteiger partial charge in [0.2, 0.25) is 0 Å². The lowest BCUT2D eigenvalue weighted by atomic mass is 10.1. The Kier molecular flexibility index (Phi) is 4.87. The standard InChI is InChI=1S/C12H13N3O.ClH/c1-16-10-4-2-9(3-5-10)11-6-7-14-12(8-13)15-11;/h2-7H,8,13H2,1H3;1H. The number of methoxy groups -OCH3 is 1. The first-order valence-corrected chi connectivity index (χ1v) is 5.00. The second kappa shape index (κ2) is 6.18. The highest BCUT2D eigenvalue weighted by Crippen LogP contribution is 2.20. The van der Waals surface area contributed by atoms with E-state index in [4.69, 9.17) is 10.5 Å². The fourth-order valence-electron chi connectivity index (χ4n) is 1.42. The van der Waals surface area contributed by atoms with Crippen LogP contribution in [0.1, 0.15) is 5.82 Å². The first-order chi connectivity index (χ1) is 7.83. The van der Waals surface area contributed by atoms with Gasteiger partial charge in [0, 0.05) is 11.8 Å². The van der Waals surface area contributed by atoms with Gasteiger partial charge >= 0.3 is 0 Å². The lowest BCUT2D eigenvalue weighted by Gasteiger charge is -2.04. The molecule has 5 heteroatoms. The van der Waals surface area contributed by atoms with E-state index in [0.717, 1.165) is 17.0 Å². The Morgan fingerprint density at radius 1 is 1.18 bits per heavy atom. The molecule has 0 saturated carbocycles. The number of rotatable bonds is 3. The molecule has 0 spiro atoms. The zero-order valence-electron chi connectivity index (χ0n) is 9.46. The fourth-order valence-corrected chi connectivity index (χ4v) is 1.42. The van der Waals surface area contributed by atoms with Crippen LogP contribution < -0.4 is 10.5 Å². The predicted molar refractivity (Wildman–Crippen MR) is 69.2 cm³/mol. The predicted octanol–water partition coefficient (Wildman–Crippen LogP) is 2.03. The first-order valence-electron chi connectivity index (χ1n) is 5.00. The molecular weight excluding hydrogens is 238 g/mol. The Hall–Kier alpha value is -1.65. The molecule has 0 unspecified atom stereocenters. The Balaban J connectivity index is 0.00000144. The molecule has 0 bridgehead atoms. The summed E-state index contributed by atoms with van der Waals surface area (Å²) in [6, 6.07) is 9.59. The molecule has 2 rings (SSSR count). The van der Waals surface area contributed by atoms with E-state index in [1.807, 2.05) is 30.3 Å². The van der Waals surface area contributed by atoms with Crippen LogP contribution in [0.15, 0.2) is 36.5 Å². The van der Waals surface area contributed by atoms with Crippen molar-refractivity contribution in [3.8, 4) is 17.0 Å². The molecular formula is C12H14ClN3O. The summed E-state index contributed by atoms with van der Waals surface area (Å²) in [5.41, 5.74) is 7.40. The van der Waals surface area contributed by atoms with Crippen molar-refractivity contribution in [3.63, 3.8) is 0 Å². The third-order valence-corrected chi connectivity index (χ3v) is 2.27. The van der Waals surface area contributed by atoms with Gasteiger partial charge in [-0.15, -0.1) is 12.4 Å². The highest BCUT2D eigenvalue weighted by molar-refractivity contribution is 5.85. The minimum atomic E-state index is 0. The topological polar surface area (TPSA) is 61.0 Å². The number of aromatic nitrogens is 2. The van der Waals surface area contributed by atoms with Crippen molar-refractivity contribution < 1.29 is 4.74 Å². The summed E-state index contributed by atoms with van der Waals surface area (Å²) in [5, 5.41) is 0. The Bertz CT molecular complexity index is 473. The molecule has 0 aliphatic rings. The monoisotopic (exact) mass is 251 g/mol. The minimum Gasteiger partial charge on any atom is -0.497 e. The number of hydrogen-bond acceptors (Lipinski definition) is 4. The second-order valence-corrected chi connectivity index (χ2v) is 3.29. The largest absolute Gasteiger partial charge is 0.497 e. The molecule has 17 heavy (non-hydrogen) atoms. The average Bonchev–Trinajstić information content (AvgIpc) is 2.39. The van der Waals surface area contributed by atoms with E-state index < -0.39 is 0 Å². The van der Waals surface area contributed by atoms with Gasteiger partial charge in [-0.05, 0) is 30.3 Å². The van der Waals surface area contributed by atoms with Gasteiger partial charge in [0.15, 0.2) is 0 Å².